The first-order valence-corrected chi connectivity index (χ1v) is 14.9. The average molecular weight is 578 g/mol. The second kappa shape index (κ2) is 11.5. The van der Waals surface area contributed by atoms with Gasteiger partial charge in [-0.1, -0.05) is 121 Å². The van der Waals surface area contributed by atoms with E-state index in [1.165, 1.54) is 0 Å². The molecular weight excluding hydrogens is 550 g/mol. The normalized spacial score (nSPS) is 11.1. The van der Waals surface area contributed by atoms with Gasteiger partial charge in [0.05, 0.1) is 22.8 Å². The Balaban J connectivity index is 1.14. The predicted molar refractivity (Wildman–Crippen MR) is 181 cm³/mol. The third-order valence-corrected chi connectivity index (χ3v) is 7.94. The van der Waals surface area contributed by atoms with E-state index < -0.39 is 0 Å². The minimum atomic E-state index is 0.712. The summed E-state index contributed by atoms with van der Waals surface area (Å²) in [5.74, 6) is 0.712. The molecular formula is C40H27N5. The maximum absolute atomic E-state index is 4.98. The van der Waals surface area contributed by atoms with Gasteiger partial charge in [-0.25, -0.2) is 15.0 Å². The molecule has 212 valence electrons. The Labute approximate surface area is 261 Å². The Kier molecular flexibility index (Phi) is 6.74. The van der Waals surface area contributed by atoms with Crippen LogP contribution >= 0.6 is 0 Å². The van der Waals surface area contributed by atoms with E-state index in [1.807, 2.05) is 91.1 Å². The van der Waals surface area contributed by atoms with Crippen molar-refractivity contribution in [2.45, 2.75) is 0 Å². The van der Waals surface area contributed by atoms with Gasteiger partial charge >= 0.3 is 0 Å². The van der Waals surface area contributed by atoms with Crippen LogP contribution in [0, 0.1) is 0 Å². The molecule has 4 aromatic heterocycles. The Bertz CT molecular complexity index is 2170. The summed E-state index contributed by atoms with van der Waals surface area (Å²) in [7, 11) is 0. The lowest BCUT2D eigenvalue weighted by molar-refractivity contribution is 1.18. The second-order valence-corrected chi connectivity index (χ2v) is 10.8. The lowest BCUT2D eigenvalue weighted by Gasteiger charge is -2.10. The average Bonchev–Trinajstić information content (AvgIpc) is 3.52. The van der Waals surface area contributed by atoms with E-state index >= 15 is 0 Å². The van der Waals surface area contributed by atoms with Gasteiger partial charge in [0.1, 0.15) is 11.3 Å². The molecule has 4 aromatic carbocycles. The van der Waals surface area contributed by atoms with Crippen LogP contribution in [-0.4, -0.2) is 24.3 Å². The molecule has 8 aromatic rings. The molecule has 0 fully saturated rings. The number of hydrogen-bond acceptors (Lipinski definition) is 4. The molecule has 0 spiro atoms. The van der Waals surface area contributed by atoms with Crippen molar-refractivity contribution in [3.63, 3.8) is 0 Å². The van der Waals surface area contributed by atoms with Crippen molar-refractivity contribution in [3.05, 3.63) is 164 Å². The summed E-state index contributed by atoms with van der Waals surface area (Å²) >= 11 is 0. The summed E-state index contributed by atoms with van der Waals surface area (Å²) in [6, 6.07) is 51.7. The first kappa shape index (κ1) is 26.4. The van der Waals surface area contributed by atoms with Crippen LogP contribution in [0.5, 0.6) is 0 Å². The minimum absolute atomic E-state index is 0.712. The molecule has 5 heteroatoms. The highest BCUT2D eigenvalue weighted by Crippen LogP contribution is 2.34. The van der Waals surface area contributed by atoms with Crippen molar-refractivity contribution >= 4 is 5.65 Å². The smallest absolute Gasteiger partial charge is 0.160 e. The lowest BCUT2D eigenvalue weighted by atomic mass is 9.99. The summed E-state index contributed by atoms with van der Waals surface area (Å²) in [5.41, 5.74) is 11.9. The zero-order valence-corrected chi connectivity index (χ0v) is 24.3. The molecule has 0 saturated carbocycles. The highest BCUT2D eigenvalue weighted by atomic mass is 15.0. The van der Waals surface area contributed by atoms with Gasteiger partial charge in [-0.3, -0.25) is 9.38 Å². The molecule has 5 nitrogen and oxygen atoms in total. The topological polar surface area (TPSA) is 56.0 Å². The van der Waals surface area contributed by atoms with Crippen molar-refractivity contribution < 1.29 is 0 Å². The van der Waals surface area contributed by atoms with E-state index in [1.54, 1.807) is 0 Å². The van der Waals surface area contributed by atoms with E-state index in [0.29, 0.717) is 5.82 Å². The Morgan fingerprint density at radius 3 is 1.60 bits per heavy atom. The van der Waals surface area contributed by atoms with Gasteiger partial charge < -0.3 is 0 Å². The highest BCUT2D eigenvalue weighted by molar-refractivity contribution is 5.82. The van der Waals surface area contributed by atoms with E-state index in [2.05, 4.69) is 82.3 Å². The summed E-state index contributed by atoms with van der Waals surface area (Å²) in [6.45, 7) is 0. The fourth-order valence-electron chi connectivity index (χ4n) is 5.68. The molecule has 0 aliphatic carbocycles. The predicted octanol–water partition coefficient (Wildman–Crippen LogP) is 9.52. The number of hydrogen-bond donors (Lipinski definition) is 0. The standard InChI is InChI=1S/C40H27N5/c1-3-11-30(12-4-1)35-27-36(43-40(42-35)33-13-5-2-6-14-33)31-21-17-28(18-22-31)29-19-23-32(24-20-29)39-38(34-15-7-9-25-41-34)44-37-16-8-10-26-45(37)39/h1-27H. The van der Waals surface area contributed by atoms with E-state index in [-0.39, 0.29) is 0 Å². The monoisotopic (exact) mass is 577 g/mol. The van der Waals surface area contributed by atoms with E-state index in [9.17, 15) is 0 Å². The molecule has 4 heterocycles. The van der Waals surface area contributed by atoms with Gasteiger partial charge in [-0.15, -0.1) is 0 Å². The van der Waals surface area contributed by atoms with Crippen LogP contribution in [-0.2, 0) is 0 Å². The minimum Gasteiger partial charge on any atom is -0.299 e. The first-order chi connectivity index (χ1) is 22.3. The Morgan fingerprint density at radius 1 is 0.400 bits per heavy atom. The van der Waals surface area contributed by atoms with Crippen LogP contribution < -0.4 is 0 Å². The highest BCUT2D eigenvalue weighted by Gasteiger charge is 2.17. The van der Waals surface area contributed by atoms with Gasteiger partial charge in [-0.05, 0) is 41.5 Å². The zero-order chi connectivity index (χ0) is 30.0. The summed E-state index contributed by atoms with van der Waals surface area (Å²) in [4.78, 5) is 19.4. The van der Waals surface area contributed by atoms with Gasteiger partial charge in [0, 0.05) is 34.6 Å². The second-order valence-electron chi connectivity index (χ2n) is 10.8. The molecule has 0 radical (unpaired) electrons. The van der Waals surface area contributed by atoms with Gasteiger partial charge in [0.25, 0.3) is 0 Å². The lowest BCUT2D eigenvalue weighted by Crippen LogP contribution is -1.95. The maximum atomic E-state index is 4.98. The zero-order valence-electron chi connectivity index (χ0n) is 24.3. The molecule has 0 aliphatic rings. The quantitative estimate of drug-likeness (QED) is 0.197. The number of pyridine rings is 2. The van der Waals surface area contributed by atoms with Gasteiger partial charge in [0.2, 0.25) is 0 Å². The van der Waals surface area contributed by atoms with Crippen molar-refractivity contribution in [1.82, 2.24) is 24.3 Å². The van der Waals surface area contributed by atoms with Crippen molar-refractivity contribution in [2.75, 3.05) is 0 Å². The largest absolute Gasteiger partial charge is 0.299 e. The number of imidazole rings is 1. The third-order valence-electron chi connectivity index (χ3n) is 7.94. The summed E-state index contributed by atoms with van der Waals surface area (Å²) < 4.78 is 2.13. The van der Waals surface area contributed by atoms with Crippen LogP contribution in [0.3, 0.4) is 0 Å². The van der Waals surface area contributed by atoms with Crippen molar-refractivity contribution in [3.8, 4) is 67.7 Å². The molecule has 0 saturated heterocycles. The third kappa shape index (κ3) is 5.17. The fraction of sp³-hybridized carbons (Fsp3) is 0. The van der Waals surface area contributed by atoms with Crippen LogP contribution in [0.2, 0.25) is 0 Å². The number of benzene rings is 4. The molecule has 0 aliphatic heterocycles. The Hall–Kier alpha value is -6.20. The van der Waals surface area contributed by atoms with Crippen LogP contribution in [0.15, 0.2) is 164 Å². The number of aromatic nitrogens is 5. The summed E-state index contributed by atoms with van der Waals surface area (Å²) in [5, 5.41) is 0. The van der Waals surface area contributed by atoms with Crippen LogP contribution in [0.1, 0.15) is 0 Å². The van der Waals surface area contributed by atoms with E-state index in [4.69, 9.17) is 15.0 Å². The van der Waals surface area contributed by atoms with Crippen LogP contribution in [0.25, 0.3) is 73.3 Å². The summed E-state index contributed by atoms with van der Waals surface area (Å²) in [6.07, 6.45) is 3.86. The maximum Gasteiger partial charge on any atom is 0.160 e. The molecule has 0 atom stereocenters. The molecule has 0 amide bonds. The van der Waals surface area contributed by atoms with Crippen molar-refractivity contribution in [2.24, 2.45) is 0 Å². The molecule has 0 N–H and O–H groups in total. The SMILES string of the molecule is c1ccc(-c2cc(-c3ccc(-c4ccc(-c5c(-c6ccccn6)nc6ccccn56)cc4)cc3)nc(-c3ccccc3)n2)cc1. The van der Waals surface area contributed by atoms with Crippen molar-refractivity contribution in [1.29, 1.82) is 0 Å². The molecule has 0 bridgehead atoms. The number of rotatable bonds is 6. The van der Waals surface area contributed by atoms with Gasteiger partial charge in [-0.2, -0.15) is 0 Å². The molecule has 8 rings (SSSR count). The molecule has 45 heavy (non-hydrogen) atoms. The molecule has 0 unspecified atom stereocenters. The van der Waals surface area contributed by atoms with E-state index in [0.717, 1.165) is 67.5 Å². The first-order valence-electron chi connectivity index (χ1n) is 14.9. The number of nitrogens with zero attached hydrogens (tertiary/aromatic N) is 5. The Morgan fingerprint density at radius 2 is 0.956 bits per heavy atom. The van der Waals surface area contributed by atoms with Gasteiger partial charge in [0.15, 0.2) is 5.82 Å². The van der Waals surface area contributed by atoms with Crippen LogP contribution in [0.4, 0.5) is 0 Å². The number of fused-ring (bicyclic) bond motifs is 1. The fourth-order valence-corrected chi connectivity index (χ4v) is 5.68.